The van der Waals surface area contributed by atoms with Crippen molar-refractivity contribution in [3.05, 3.63) is 65.7 Å². The summed E-state index contributed by atoms with van der Waals surface area (Å²) in [6, 6.07) is 12.8. The first-order chi connectivity index (χ1) is 12.8. The van der Waals surface area contributed by atoms with E-state index in [9.17, 15) is 27.6 Å². The third-order valence-corrected chi connectivity index (χ3v) is 4.15. The van der Waals surface area contributed by atoms with Crippen LogP contribution in [0.2, 0.25) is 0 Å². The molecule has 0 aliphatic carbocycles. The van der Waals surface area contributed by atoms with E-state index in [0.717, 1.165) is 12.1 Å². The van der Waals surface area contributed by atoms with Gasteiger partial charge in [-0.2, -0.15) is 0 Å². The quantitative estimate of drug-likeness (QED) is 0.656. The van der Waals surface area contributed by atoms with Gasteiger partial charge >= 0.3 is 6.36 Å². The van der Waals surface area contributed by atoms with Crippen LogP contribution in [-0.4, -0.2) is 23.8 Å². The molecule has 2 aromatic carbocycles. The van der Waals surface area contributed by atoms with Crippen LogP contribution in [0.5, 0.6) is 5.75 Å². The molecule has 27 heavy (non-hydrogen) atoms. The second-order valence-electron chi connectivity index (χ2n) is 5.98. The number of benzene rings is 2. The van der Waals surface area contributed by atoms with Crippen LogP contribution in [0.25, 0.3) is 0 Å². The normalized spacial score (nSPS) is 20.1. The molecule has 0 radical (unpaired) electrons. The number of carbonyl (C=O) groups is 3. The smallest absolute Gasteiger partial charge is 0.405 e. The van der Waals surface area contributed by atoms with Crippen LogP contribution >= 0.6 is 0 Å². The Bertz CT molecular complexity index is 862. The molecule has 2 unspecified atom stereocenters. The maximum absolute atomic E-state index is 12.6. The maximum atomic E-state index is 12.6. The highest BCUT2D eigenvalue weighted by Gasteiger charge is 2.42. The van der Waals surface area contributed by atoms with Gasteiger partial charge in [0, 0.05) is 6.42 Å². The number of Topliss-reactive ketones (excluding diaryl/α,β-unsaturated/α-hetero) is 2. The summed E-state index contributed by atoms with van der Waals surface area (Å²) in [5.74, 6) is -4.97. The molecule has 1 amide bonds. The van der Waals surface area contributed by atoms with E-state index in [2.05, 4.69) is 10.1 Å². The summed E-state index contributed by atoms with van der Waals surface area (Å²) in [6.07, 6.45) is -5.14. The monoisotopic (exact) mass is 377 g/mol. The van der Waals surface area contributed by atoms with E-state index in [4.69, 9.17) is 0 Å². The van der Waals surface area contributed by atoms with Crippen LogP contribution in [0, 0.1) is 5.92 Å². The lowest BCUT2D eigenvalue weighted by Crippen LogP contribution is -2.48. The van der Waals surface area contributed by atoms with Gasteiger partial charge in [0.2, 0.25) is 5.91 Å². The fourth-order valence-electron chi connectivity index (χ4n) is 2.96. The molecular weight excluding hydrogens is 363 g/mol. The zero-order chi connectivity index (χ0) is 19.6. The average molecular weight is 377 g/mol. The van der Waals surface area contributed by atoms with Crippen molar-refractivity contribution in [1.82, 2.24) is 5.32 Å². The summed E-state index contributed by atoms with van der Waals surface area (Å²) in [7, 11) is 0. The van der Waals surface area contributed by atoms with E-state index < -0.39 is 47.1 Å². The summed E-state index contributed by atoms with van der Waals surface area (Å²) in [6.45, 7) is 0. The fraction of sp³-hybridized carbons (Fsp3) is 0.211. The van der Waals surface area contributed by atoms with Crippen LogP contribution in [-0.2, 0) is 9.59 Å². The Morgan fingerprint density at radius 2 is 1.63 bits per heavy atom. The van der Waals surface area contributed by atoms with Crippen LogP contribution in [0.3, 0.4) is 0 Å². The van der Waals surface area contributed by atoms with E-state index in [0.29, 0.717) is 5.56 Å². The lowest BCUT2D eigenvalue weighted by molar-refractivity contribution is -0.274. The topological polar surface area (TPSA) is 72.5 Å². The summed E-state index contributed by atoms with van der Waals surface area (Å²) < 4.78 is 41.5. The van der Waals surface area contributed by atoms with Crippen molar-refractivity contribution < 1.29 is 32.3 Å². The second-order valence-corrected chi connectivity index (χ2v) is 5.98. The minimum atomic E-state index is -5.01. The molecule has 0 bridgehead atoms. The van der Waals surface area contributed by atoms with Crippen LogP contribution in [0.4, 0.5) is 13.2 Å². The first-order valence-electron chi connectivity index (χ1n) is 8.03. The summed E-state index contributed by atoms with van der Waals surface area (Å²) >= 11 is 0. The number of hydrogen-bond donors (Lipinski definition) is 1. The molecule has 0 spiro atoms. The third-order valence-electron chi connectivity index (χ3n) is 4.15. The van der Waals surface area contributed by atoms with Gasteiger partial charge < -0.3 is 10.1 Å². The number of para-hydroxylation sites is 1. The summed E-state index contributed by atoms with van der Waals surface area (Å²) in [5, 5.41) is 2.59. The highest BCUT2D eigenvalue weighted by atomic mass is 19.4. The molecule has 0 saturated carbocycles. The predicted molar refractivity (Wildman–Crippen MR) is 87.9 cm³/mol. The zero-order valence-electron chi connectivity index (χ0n) is 13.8. The molecule has 2 atom stereocenters. The average Bonchev–Trinajstić information content (AvgIpc) is 2.61. The number of ketones is 2. The van der Waals surface area contributed by atoms with Crippen molar-refractivity contribution in [3.8, 4) is 5.75 Å². The molecule has 1 aliphatic rings. The standard InChI is InChI=1S/C19H14F3NO4/c20-19(21,22)27-15-9-5-4-8-12(15)17(25)16-14(24)10-13(23-18(16)26)11-6-2-1-3-7-11/h1-9,13,16H,10H2,(H,23,26). The third kappa shape index (κ3) is 4.16. The SMILES string of the molecule is O=C1CC(c2ccccc2)NC(=O)C1C(=O)c1ccccc1OC(F)(F)F. The number of piperidine rings is 1. The second kappa shape index (κ2) is 7.22. The van der Waals surface area contributed by atoms with E-state index in [1.54, 1.807) is 30.3 Å². The molecule has 3 rings (SSSR count). The van der Waals surface area contributed by atoms with Gasteiger partial charge in [0.05, 0.1) is 11.6 Å². The molecule has 1 heterocycles. The number of ether oxygens (including phenoxy) is 1. The van der Waals surface area contributed by atoms with Crippen molar-refractivity contribution in [2.45, 2.75) is 18.8 Å². The van der Waals surface area contributed by atoms with Crippen molar-refractivity contribution >= 4 is 17.5 Å². The molecular formula is C19H14F3NO4. The van der Waals surface area contributed by atoms with Crippen LogP contribution < -0.4 is 10.1 Å². The Labute approximate surface area is 152 Å². The van der Waals surface area contributed by atoms with E-state index in [1.165, 1.54) is 12.1 Å². The molecule has 140 valence electrons. The van der Waals surface area contributed by atoms with Gasteiger partial charge in [-0.1, -0.05) is 42.5 Å². The number of carbonyl (C=O) groups excluding carboxylic acids is 3. The highest BCUT2D eigenvalue weighted by molar-refractivity contribution is 6.25. The Morgan fingerprint density at radius 1 is 1.00 bits per heavy atom. The van der Waals surface area contributed by atoms with Crippen molar-refractivity contribution in [1.29, 1.82) is 0 Å². The van der Waals surface area contributed by atoms with E-state index in [-0.39, 0.29) is 6.42 Å². The molecule has 5 nitrogen and oxygen atoms in total. The molecule has 0 aromatic heterocycles. The van der Waals surface area contributed by atoms with Crippen molar-refractivity contribution in [2.75, 3.05) is 0 Å². The Hall–Kier alpha value is -3.16. The maximum Gasteiger partial charge on any atom is 0.573 e. The number of halogens is 3. The molecule has 1 fully saturated rings. The number of alkyl halides is 3. The fourth-order valence-corrected chi connectivity index (χ4v) is 2.96. The lowest BCUT2D eigenvalue weighted by atomic mass is 9.84. The lowest BCUT2D eigenvalue weighted by Gasteiger charge is -2.28. The van der Waals surface area contributed by atoms with E-state index >= 15 is 0 Å². The first-order valence-corrected chi connectivity index (χ1v) is 8.03. The van der Waals surface area contributed by atoms with E-state index in [1.807, 2.05) is 0 Å². The van der Waals surface area contributed by atoms with Gasteiger partial charge in [0.25, 0.3) is 0 Å². The largest absolute Gasteiger partial charge is 0.573 e. The predicted octanol–water partition coefficient (Wildman–Crippen LogP) is 3.21. The zero-order valence-corrected chi connectivity index (χ0v) is 13.8. The summed E-state index contributed by atoms with van der Waals surface area (Å²) in [4.78, 5) is 37.5. The van der Waals surface area contributed by atoms with Gasteiger partial charge in [0.1, 0.15) is 5.75 Å². The molecule has 1 saturated heterocycles. The minimum Gasteiger partial charge on any atom is -0.405 e. The molecule has 8 heteroatoms. The summed E-state index contributed by atoms with van der Waals surface area (Å²) in [5.41, 5.74) is 0.229. The number of amides is 1. The first kappa shape index (κ1) is 18.6. The number of nitrogens with one attached hydrogen (secondary N) is 1. The molecule has 1 aliphatic heterocycles. The van der Waals surface area contributed by atoms with Crippen LogP contribution in [0.15, 0.2) is 54.6 Å². The molecule has 2 aromatic rings. The van der Waals surface area contributed by atoms with Gasteiger partial charge in [-0.15, -0.1) is 13.2 Å². The Kier molecular flexibility index (Phi) is 4.98. The minimum absolute atomic E-state index is 0.131. The van der Waals surface area contributed by atoms with Crippen LogP contribution in [0.1, 0.15) is 28.4 Å². The molecule has 1 N–H and O–H groups in total. The van der Waals surface area contributed by atoms with Crippen molar-refractivity contribution in [2.24, 2.45) is 5.92 Å². The number of rotatable bonds is 4. The van der Waals surface area contributed by atoms with Gasteiger partial charge in [-0.25, -0.2) is 0 Å². The number of hydrogen-bond acceptors (Lipinski definition) is 4. The van der Waals surface area contributed by atoms with Gasteiger partial charge in [-0.3, -0.25) is 14.4 Å². The highest BCUT2D eigenvalue weighted by Crippen LogP contribution is 2.31. The Balaban J connectivity index is 1.84. The van der Waals surface area contributed by atoms with Crippen molar-refractivity contribution in [3.63, 3.8) is 0 Å². The van der Waals surface area contributed by atoms with Gasteiger partial charge in [-0.05, 0) is 17.7 Å². The Morgan fingerprint density at radius 3 is 2.26 bits per heavy atom. The van der Waals surface area contributed by atoms with Gasteiger partial charge in [0.15, 0.2) is 17.5 Å².